The van der Waals surface area contributed by atoms with E-state index in [0.29, 0.717) is 5.92 Å². The van der Waals surface area contributed by atoms with Crippen molar-refractivity contribution in [3.63, 3.8) is 0 Å². The van der Waals surface area contributed by atoms with Gasteiger partial charge < -0.3 is 10.6 Å². The maximum absolute atomic E-state index is 4.61. The van der Waals surface area contributed by atoms with Gasteiger partial charge in [-0.3, -0.25) is 4.68 Å². The number of hydrogen-bond donors (Lipinski definition) is 2. The van der Waals surface area contributed by atoms with Gasteiger partial charge in [-0.15, -0.1) is 0 Å². The second-order valence-electron chi connectivity index (χ2n) is 5.18. The smallest absolute Gasteiger partial charge is 0.136 e. The fraction of sp³-hybridized carbons (Fsp3) is 0.500. The standard InChI is InChI=1S/C14H20N6/c1-3-15-12-6-13(19-14(18-12)11-4-5-11)16-7-10-8-17-20(2)9-10/h6,8-9,11H,3-5,7H2,1-2H3,(H2,15,16,18,19). The van der Waals surface area contributed by atoms with E-state index in [1.807, 2.05) is 25.5 Å². The molecular weight excluding hydrogens is 252 g/mol. The van der Waals surface area contributed by atoms with Crippen LogP contribution in [0.4, 0.5) is 11.6 Å². The molecular formula is C14H20N6. The topological polar surface area (TPSA) is 67.7 Å². The third-order valence-electron chi connectivity index (χ3n) is 3.28. The van der Waals surface area contributed by atoms with Crippen molar-refractivity contribution in [3.8, 4) is 0 Å². The summed E-state index contributed by atoms with van der Waals surface area (Å²) in [6.45, 7) is 3.66. The molecule has 6 heteroatoms. The Balaban J connectivity index is 1.73. The summed E-state index contributed by atoms with van der Waals surface area (Å²) in [4.78, 5) is 9.18. The van der Waals surface area contributed by atoms with E-state index >= 15 is 0 Å². The van der Waals surface area contributed by atoms with Crippen molar-refractivity contribution in [2.24, 2.45) is 7.05 Å². The summed E-state index contributed by atoms with van der Waals surface area (Å²) in [5.41, 5.74) is 1.14. The normalized spacial score (nSPS) is 14.3. The fourth-order valence-corrected chi connectivity index (χ4v) is 2.11. The molecule has 0 atom stereocenters. The van der Waals surface area contributed by atoms with E-state index in [2.05, 4.69) is 32.6 Å². The number of nitrogens with zero attached hydrogens (tertiary/aromatic N) is 4. The van der Waals surface area contributed by atoms with Crippen molar-refractivity contribution in [2.45, 2.75) is 32.2 Å². The molecule has 2 heterocycles. The van der Waals surface area contributed by atoms with Crippen LogP contribution in [0.15, 0.2) is 18.5 Å². The van der Waals surface area contributed by atoms with Gasteiger partial charge in [-0.1, -0.05) is 0 Å². The number of anilines is 2. The summed E-state index contributed by atoms with van der Waals surface area (Å²) in [6.07, 6.45) is 6.28. The number of aromatic nitrogens is 4. The zero-order valence-corrected chi connectivity index (χ0v) is 11.9. The van der Waals surface area contributed by atoms with E-state index in [4.69, 9.17) is 0 Å². The summed E-state index contributed by atoms with van der Waals surface area (Å²) in [5, 5.41) is 10.8. The van der Waals surface area contributed by atoms with Crippen LogP contribution in [0.3, 0.4) is 0 Å². The molecule has 0 spiro atoms. The SMILES string of the molecule is CCNc1cc(NCc2cnn(C)c2)nc(C2CC2)n1. The molecule has 1 aliphatic rings. The average Bonchev–Trinajstić information content (AvgIpc) is 3.20. The Kier molecular flexibility index (Phi) is 3.54. The molecule has 0 saturated heterocycles. The Bertz CT molecular complexity index is 587. The monoisotopic (exact) mass is 272 g/mol. The van der Waals surface area contributed by atoms with Gasteiger partial charge in [0.1, 0.15) is 17.5 Å². The largest absolute Gasteiger partial charge is 0.370 e. The lowest BCUT2D eigenvalue weighted by Crippen LogP contribution is -2.07. The van der Waals surface area contributed by atoms with E-state index in [1.54, 1.807) is 4.68 Å². The van der Waals surface area contributed by atoms with Crippen LogP contribution in [0.25, 0.3) is 0 Å². The molecule has 0 amide bonds. The lowest BCUT2D eigenvalue weighted by atomic mass is 10.3. The van der Waals surface area contributed by atoms with E-state index < -0.39 is 0 Å². The van der Waals surface area contributed by atoms with Crippen LogP contribution in [-0.2, 0) is 13.6 Å². The maximum atomic E-state index is 4.61. The molecule has 1 saturated carbocycles. The third kappa shape index (κ3) is 3.07. The average molecular weight is 272 g/mol. The summed E-state index contributed by atoms with van der Waals surface area (Å²) in [5.74, 6) is 3.28. The quantitative estimate of drug-likeness (QED) is 0.843. The van der Waals surface area contributed by atoms with Crippen LogP contribution in [-0.4, -0.2) is 26.3 Å². The van der Waals surface area contributed by atoms with Crippen LogP contribution >= 0.6 is 0 Å². The first-order valence-electron chi connectivity index (χ1n) is 7.09. The molecule has 1 aliphatic carbocycles. The molecule has 0 aliphatic heterocycles. The Morgan fingerprint density at radius 1 is 1.25 bits per heavy atom. The van der Waals surface area contributed by atoms with Gasteiger partial charge in [0.25, 0.3) is 0 Å². The molecule has 0 bridgehead atoms. The predicted molar refractivity (Wildman–Crippen MR) is 78.7 cm³/mol. The van der Waals surface area contributed by atoms with Crippen LogP contribution < -0.4 is 10.6 Å². The highest BCUT2D eigenvalue weighted by Crippen LogP contribution is 2.38. The highest BCUT2D eigenvalue weighted by Gasteiger charge is 2.27. The zero-order valence-electron chi connectivity index (χ0n) is 11.9. The van der Waals surface area contributed by atoms with Crippen molar-refractivity contribution in [3.05, 3.63) is 29.8 Å². The molecule has 106 valence electrons. The number of rotatable bonds is 6. The third-order valence-corrected chi connectivity index (χ3v) is 3.28. The van der Waals surface area contributed by atoms with Crippen LogP contribution in [0, 0.1) is 0 Å². The van der Waals surface area contributed by atoms with Gasteiger partial charge in [-0.25, -0.2) is 9.97 Å². The number of hydrogen-bond acceptors (Lipinski definition) is 5. The lowest BCUT2D eigenvalue weighted by Gasteiger charge is -2.09. The van der Waals surface area contributed by atoms with Crippen LogP contribution in [0.5, 0.6) is 0 Å². The van der Waals surface area contributed by atoms with Crippen molar-refractivity contribution in [1.29, 1.82) is 0 Å². The van der Waals surface area contributed by atoms with E-state index in [0.717, 1.165) is 36.1 Å². The Labute approximate surface area is 118 Å². The minimum atomic E-state index is 0.549. The predicted octanol–water partition coefficient (Wildman–Crippen LogP) is 2.13. The Morgan fingerprint density at radius 3 is 2.60 bits per heavy atom. The van der Waals surface area contributed by atoms with E-state index in [9.17, 15) is 0 Å². The van der Waals surface area contributed by atoms with Crippen molar-refractivity contribution >= 4 is 11.6 Å². The second-order valence-corrected chi connectivity index (χ2v) is 5.18. The summed E-state index contributed by atoms with van der Waals surface area (Å²) < 4.78 is 1.80. The first-order valence-corrected chi connectivity index (χ1v) is 7.09. The fourth-order valence-electron chi connectivity index (χ4n) is 2.11. The molecule has 2 aromatic heterocycles. The number of nitrogens with one attached hydrogen (secondary N) is 2. The Hall–Kier alpha value is -2.11. The molecule has 0 unspecified atom stereocenters. The van der Waals surface area contributed by atoms with Crippen molar-refractivity contribution in [1.82, 2.24) is 19.7 Å². The molecule has 2 aromatic rings. The van der Waals surface area contributed by atoms with E-state index in [-0.39, 0.29) is 0 Å². The van der Waals surface area contributed by atoms with Gasteiger partial charge in [0.2, 0.25) is 0 Å². The van der Waals surface area contributed by atoms with Gasteiger partial charge in [0.05, 0.1) is 6.20 Å². The van der Waals surface area contributed by atoms with Crippen molar-refractivity contribution < 1.29 is 0 Å². The second kappa shape index (κ2) is 5.48. The maximum Gasteiger partial charge on any atom is 0.136 e. The van der Waals surface area contributed by atoms with Crippen LogP contribution in [0.1, 0.15) is 37.1 Å². The summed E-state index contributed by atoms with van der Waals surface area (Å²) in [7, 11) is 1.92. The highest BCUT2D eigenvalue weighted by atomic mass is 15.2. The highest BCUT2D eigenvalue weighted by molar-refractivity contribution is 5.48. The summed E-state index contributed by atoms with van der Waals surface area (Å²) in [6, 6.07) is 1.96. The van der Waals surface area contributed by atoms with Gasteiger partial charge in [-0.05, 0) is 19.8 Å². The molecule has 1 fully saturated rings. The molecule has 0 aromatic carbocycles. The Morgan fingerprint density at radius 2 is 2.00 bits per heavy atom. The number of aryl methyl sites for hydroxylation is 1. The van der Waals surface area contributed by atoms with Gasteiger partial charge in [0.15, 0.2) is 0 Å². The van der Waals surface area contributed by atoms with Crippen LogP contribution in [0.2, 0.25) is 0 Å². The molecule has 6 nitrogen and oxygen atoms in total. The molecule has 20 heavy (non-hydrogen) atoms. The van der Waals surface area contributed by atoms with Crippen molar-refractivity contribution in [2.75, 3.05) is 17.2 Å². The first-order chi connectivity index (χ1) is 9.74. The minimum absolute atomic E-state index is 0.549. The first kappa shape index (κ1) is 12.9. The summed E-state index contributed by atoms with van der Waals surface area (Å²) >= 11 is 0. The van der Waals surface area contributed by atoms with Gasteiger partial charge >= 0.3 is 0 Å². The molecule has 2 N–H and O–H groups in total. The minimum Gasteiger partial charge on any atom is -0.370 e. The van der Waals surface area contributed by atoms with Gasteiger partial charge in [-0.2, -0.15) is 5.10 Å². The lowest BCUT2D eigenvalue weighted by molar-refractivity contribution is 0.767. The molecule has 0 radical (unpaired) electrons. The zero-order chi connectivity index (χ0) is 13.9. The van der Waals surface area contributed by atoms with Gasteiger partial charge in [0, 0.05) is 43.9 Å². The van der Waals surface area contributed by atoms with E-state index in [1.165, 1.54) is 12.8 Å². The molecule has 3 rings (SSSR count).